The van der Waals surface area contributed by atoms with Gasteiger partial charge in [-0.3, -0.25) is 4.79 Å². The molecule has 25 heavy (non-hydrogen) atoms. The summed E-state index contributed by atoms with van der Waals surface area (Å²) >= 11 is 17.7. The second kappa shape index (κ2) is 7.39. The van der Waals surface area contributed by atoms with Gasteiger partial charge in [0.25, 0.3) is 5.91 Å². The highest BCUT2D eigenvalue weighted by Gasteiger charge is 2.20. The summed E-state index contributed by atoms with van der Waals surface area (Å²) in [6, 6.07) is 7.77. The lowest BCUT2D eigenvalue weighted by Crippen LogP contribution is -2.21. The highest BCUT2D eigenvalue weighted by atomic mass is 35.5. The number of hydrogen-bond acceptors (Lipinski definition) is 5. The Labute approximate surface area is 157 Å². The van der Waals surface area contributed by atoms with Crippen molar-refractivity contribution < 1.29 is 23.8 Å². The van der Waals surface area contributed by atoms with Gasteiger partial charge >= 0.3 is 5.97 Å². The summed E-state index contributed by atoms with van der Waals surface area (Å²) in [5.74, 6) is -0.276. The molecule has 6 nitrogen and oxygen atoms in total. The van der Waals surface area contributed by atoms with Gasteiger partial charge in [0, 0.05) is 11.8 Å². The predicted molar refractivity (Wildman–Crippen MR) is 92.9 cm³/mol. The summed E-state index contributed by atoms with van der Waals surface area (Å²) in [4.78, 5) is 24.0. The molecular weight excluding hydrogens is 393 g/mol. The second-order valence-corrected chi connectivity index (χ2v) is 6.10. The van der Waals surface area contributed by atoms with Crippen molar-refractivity contribution in [3.63, 3.8) is 0 Å². The molecule has 3 rings (SSSR count). The molecule has 2 aromatic rings. The molecule has 1 heterocycles. The summed E-state index contributed by atoms with van der Waals surface area (Å²) in [6.45, 7) is -0.391. The number of esters is 1. The third-order valence-electron chi connectivity index (χ3n) is 3.24. The van der Waals surface area contributed by atoms with Crippen LogP contribution < -0.4 is 14.8 Å². The van der Waals surface area contributed by atoms with Gasteiger partial charge in [0.05, 0.1) is 20.6 Å². The van der Waals surface area contributed by atoms with E-state index in [-0.39, 0.29) is 27.4 Å². The number of anilines is 1. The van der Waals surface area contributed by atoms with Crippen molar-refractivity contribution in [3.05, 3.63) is 51.0 Å². The highest BCUT2D eigenvalue weighted by Crippen LogP contribution is 2.34. The third-order valence-corrected chi connectivity index (χ3v) is 4.36. The Hall–Kier alpha value is -2.15. The lowest BCUT2D eigenvalue weighted by atomic mass is 10.2. The Bertz CT molecular complexity index is 856. The summed E-state index contributed by atoms with van der Waals surface area (Å²) in [5, 5.41) is 2.78. The number of fused-ring (bicyclic) bond motifs is 1. The van der Waals surface area contributed by atoms with Gasteiger partial charge in [-0.05, 0) is 24.3 Å². The molecule has 0 bridgehead atoms. The molecule has 0 aromatic heterocycles. The number of ether oxygens (including phenoxy) is 3. The predicted octanol–water partition coefficient (Wildman–Crippen LogP) is 4.17. The standard InChI is InChI=1S/C16H10Cl3NO5/c17-9-2-3-10(18)15(19)14(9)16(22)23-6-13(21)20-8-1-4-11-12(5-8)25-7-24-11/h1-5H,6-7H2,(H,20,21). The van der Waals surface area contributed by atoms with E-state index in [1.807, 2.05) is 0 Å². The van der Waals surface area contributed by atoms with Crippen molar-refractivity contribution in [2.24, 2.45) is 0 Å². The van der Waals surface area contributed by atoms with Crippen LogP contribution in [0, 0.1) is 0 Å². The van der Waals surface area contributed by atoms with Gasteiger partial charge in [0.15, 0.2) is 18.1 Å². The van der Waals surface area contributed by atoms with E-state index in [2.05, 4.69) is 5.32 Å². The Morgan fingerprint density at radius 2 is 1.76 bits per heavy atom. The molecule has 0 spiro atoms. The molecule has 1 aliphatic heterocycles. The van der Waals surface area contributed by atoms with Gasteiger partial charge < -0.3 is 19.5 Å². The zero-order valence-corrected chi connectivity index (χ0v) is 14.7. The van der Waals surface area contributed by atoms with Crippen molar-refractivity contribution in [2.75, 3.05) is 18.7 Å². The zero-order valence-electron chi connectivity index (χ0n) is 12.5. The number of amides is 1. The molecule has 130 valence electrons. The van der Waals surface area contributed by atoms with E-state index < -0.39 is 18.5 Å². The van der Waals surface area contributed by atoms with Crippen LogP contribution in [-0.4, -0.2) is 25.3 Å². The van der Waals surface area contributed by atoms with Gasteiger partial charge in [0.1, 0.15) is 0 Å². The van der Waals surface area contributed by atoms with Crippen molar-refractivity contribution in [3.8, 4) is 11.5 Å². The minimum Gasteiger partial charge on any atom is -0.454 e. The number of carbonyl (C=O) groups is 2. The van der Waals surface area contributed by atoms with E-state index in [1.54, 1.807) is 18.2 Å². The van der Waals surface area contributed by atoms with Gasteiger partial charge in [-0.25, -0.2) is 4.79 Å². The van der Waals surface area contributed by atoms with Crippen LogP contribution in [0.25, 0.3) is 0 Å². The topological polar surface area (TPSA) is 73.9 Å². The molecule has 2 aromatic carbocycles. The van der Waals surface area contributed by atoms with Crippen molar-refractivity contribution in [1.29, 1.82) is 0 Å². The van der Waals surface area contributed by atoms with Crippen LogP contribution in [0.15, 0.2) is 30.3 Å². The van der Waals surface area contributed by atoms with Gasteiger partial charge in [-0.1, -0.05) is 34.8 Å². The van der Waals surface area contributed by atoms with E-state index in [0.717, 1.165) is 0 Å². The molecule has 0 radical (unpaired) electrons. The molecule has 0 aliphatic carbocycles. The van der Waals surface area contributed by atoms with Gasteiger partial charge in [-0.15, -0.1) is 0 Å². The largest absolute Gasteiger partial charge is 0.454 e. The quantitative estimate of drug-likeness (QED) is 0.614. The summed E-state index contributed by atoms with van der Waals surface area (Å²) in [7, 11) is 0. The maximum Gasteiger partial charge on any atom is 0.341 e. The normalized spacial score (nSPS) is 12.0. The molecule has 1 amide bonds. The maximum atomic E-state index is 12.1. The van der Waals surface area contributed by atoms with Crippen LogP contribution in [0.3, 0.4) is 0 Å². The van der Waals surface area contributed by atoms with Crippen LogP contribution in [0.5, 0.6) is 11.5 Å². The van der Waals surface area contributed by atoms with E-state index in [4.69, 9.17) is 49.0 Å². The van der Waals surface area contributed by atoms with Gasteiger partial charge in [-0.2, -0.15) is 0 Å². The Kier molecular flexibility index (Phi) is 5.22. The average molecular weight is 403 g/mol. The summed E-state index contributed by atoms with van der Waals surface area (Å²) in [5.41, 5.74) is 0.385. The zero-order chi connectivity index (χ0) is 18.0. The fourth-order valence-corrected chi connectivity index (χ4v) is 2.77. The molecule has 1 N–H and O–H groups in total. The number of halogens is 3. The lowest BCUT2D eigenvalue weighted by molar-refractivity contribution is -0.119. The second-order valence-electron chi connectivity index (χ2n) is 4.91. The molecule has 1 aliphatic rings. The van der Waals surface area contributed by atoms with Crippen molar-refractivity contribution in [1.82, 2.24) is 0 Å². The number of rotatable bonds is 4. The fraction of sp³-hybridized carbons (Fsp3) is 0.125. The lowest BCUT2D eigenvalue weighted by Gasteiger charge is -2.09. The summed E-state index contributed by atoms with van der Waals surface area (Å²) < 4.78 is 15.3. The Morgan fingerprint density at radius 1 is 1.04 bits per heavy atom. The number of carbonyl (C=O) groups excluding carboxylic acids is 2. The minimum absolute atomic E-state index is 0.0321. The maximum absolute atomic E-state index is 12.1. The van der Waals surface area contributed by atoms with E-state index in [0.29, 0.717) is 17.2 Å². The highest BCUT2D eigenvalue weighted by molar-refractivity contribution is 6.46. The van der Waals surface area contributed by atoms with Crippen LogP contribution in [0.4, 0.5) is 5.69 Å². The van der Waals surface area contributed by atoms with Crippen LogP contribution in [0.1, 0.15) is 10.4 Å². The molecule has 0 atom stereocenters. The molecule has 0 saturated carbocycles. The first kappa shape index (κ1) is 17.7. The van der Waals surface area contributed by atoms with Crippen LogP contribution in [0.2, 0.25) is 15.1 Å². The van der Waals surface area contributed by atoms with Crippen LogP contribution >= 0.6 is 34.8 Å². The minimum atomic E-state index is -0.849. The van der Waals surface area contributed by atoms with Gasteiger partial charge in [0.2, 0.25) is 6.79 Å². The number of hydrogen-bond donors (Lipinski definition) is 1. The van der Waals surface area contributed by atoms with E-state index in [9.17, 15) is 9.59 Å². The monoisotopic (exact) mass is 401 g/mol. The Balaban J connectivity index is 1.61. The average Bonchev–Trinajstić information content (AvgIpc) is 3.04. The SMILES string of the molecule is O=C(COC(=O)c1c(Cl)ccc(Cl)c1Cl)Nc1ccc2c(c1)OCO2. The molecule has 0 saturated heterocycles. The van der Waals surface area contributed by atoms with Crippen LogP contribution in [-0.2, 0) is 9.53 Å². The van der Waals surface area contributed by atoms with Crippen molar-refractivity contribution in [2.45, 2.75) is 0 Å². The molecular formula is C16H10Cl3NO5. The molecule has 9 heteroatoms. The smallest absolute Gasteiger partial charge is 0.341 e. The van der Waals surface area contributed by atoms with Crippen molar-refractivity contribution >= 4 is 52.4 Å². The first-order valence-electron chi connectivity index (χ1n) is 6.96. The summed E-state index contributed by atoms with van der Waals surface area (Å²) in [6.07, 6.45) is 0. The molecule has 0 unspecified atom stereocenters. The first-order valence-corrected chi connectivity index (χ1v) is 8.09. The number of benzene rings is 2. The molecule has 0 fully saturated rings. The first-order chi connectivity index (χ1) is 12.0. The van der Waals surface area contributed by atoms with E-state index >= 15 is 0 Å². The number of nitrogens with one attached hydrogen (secondary N) is 1. The Morgan fingerprint density at radius 3 is 2.56 bits per heavy atom. The van der Waals surface area contributed by atoms with E-state index in [1.165, 1.54) is 12.1 Å². The fourth-order valence-electron chi connectivity index (χ4n) is 2.09. The third kappa shape index (κ3) is 3.92.